The van der Waals surface area contributed by atoms with Gasteiger partial charge in [-0.05, 0) is 30.0 Å². The Morgan fingerprint density at radius 2 is 1.82 bits per heavy atom. The van der Waals surface area contributed by atoms with Gasteiger partial charge >= 0.3 is 6.18 Å². The van der Waals surface area contributed by atoms with Gasteiger partial charge in [0.15, 0.2) is 0 Å². The lowest BCUT2D eigenvalue weighted by Gasteiger charge is -2.26. The van der Waals surface area contributed by atoms with Crippen molar-refractivity contribution in [2.75, 3.05) is 19.5 Å². The summed E-state index contributed by atoms with van der Waals surface area (Å²) < 4.78 is 47.9. The molecule has 0 atom stereocenters. The van der Waals surface area contributed by atoms with Crippen LogP contribution in [-0.4, -0.2) is 36.8 Å². The number of rotatable bonds is 4. The lowest BCUT2D eigenvalue weighted by molar-refractivity contribution is -0.182. The first kappa shape index (κ1) is 17.1. The maximum atomic E-state index is 12.4. The minimum absolute atomic E-state index is 0.211. The van der Waals surface area contributed by atoms with Crippen molar-refractivity contribution in [2.24, 2.45) is 0 Å². The molecule has 0 unspecified atom stereocenters. The number of hydrogen-bond donors (Lipinski definition) is 0. The monoisotopic (exact) mass is 332 g/mol. The van der Waals surface area contributed by atoms with Gasteiger partial charge in [0, 0.05) is 0 Å². The summed E-state index contributed by atoms with van der Waals surface area (Å²) >= 11 is 1.60. The van der Waals surface area contributed by atoms with Gasteiger partial charge in [-0.15, -0.1) is 0 Å². The van der Waals surface area contributed by atoms with E-state index < -0.39 is 18.0 Å². The molecule has 1 heterocycles. The zero-order chi connectivity index (χ0) is 16.2. The van der Waals surface area contributed by atoms with Crippen LogP contribution in [0.25, 0.3) is 6.08 Å². The van der Waals surface area contributed by atoms with Gasteiger partial charge in [-0.3, -0.25) is 4.79 Å². The van der Waals surface area contributed by atoms with Gasteiger partial charge in [-0.2, -0.15) is 24.9 Å². The number of ether oxygens (including phenoxy) is 2. The number of carbonyl (C=O) groups is 1. The van der Waals surface area contributed by atoms with Crippen LogP contribution < -0.4 is 0 Å². The fourth-order valence-corrected chi connectivity index (χ4v) is 2.26. The van der Waals surface area contributed by atoms with Crippen LogP contribution in [0.15, 0.2) is 30.3 Å². The molecule has 7 heteroatoms. The van der Waals surface area contributed by atoms with Crippen LogP contribution >= 0.6 is 11.8 Å². The van der Waals surface area contributed by atoms with Crippen LogP contribution in [0.5, 0.6) is 0 Å². The molecular formula is C15H15F3O3S. The highest BCUT2D eigenvalue weighted by Crippen LogP contribution is 2.29. The van der Waals surface area contributed by atoms with Crippen molar-refractivity contribution in [3.05, 3.63) is 41.5 Å². The molecule has 0 amide bonds. The highest BCUT2D eigenvalue weighted by molar-refractivity contribution is 7.99. The third kappa shape index (κ3) is 4.59. The number of carbonyl (C=O) groups excluding carboxylic acids is 1. The Morgan fingerprint density at radius 3 is 2.32 bits per heavy atom. The average molecular weight is 332 g/mol. The topological polar surface area (TPSA) is 35.5 Å². The van der Waals surface area contributed by atoms with E-state index in [1.807, 2.05) is 6.26 Å². The number of ketones is 1. The minimum atomic E-state index is -4.37. The second kappa shape index (κ2) is 7.30. The van der Waals surface area contributed by atoms with Crippen LogP contribution in [0.2, 0.25) is 0 Å². The quantitative estimate of drug-likeness (QED) is 0.792. The highest BCUT2D eigenvalue weighted by Gasteiger charge is 2.30. The zero-order valence-corrected chi connectivity index (χ0v) is 12.6. The van der Waals surface area contributed by atoms with Gasteiger partial charge in [0.2, 0.25) is 12.1 Å². The molecule has 0 saturated carbocycles. The van der Waals surface area contributed by atoms with Crippen LogP contribution in [0.3, 0.4) is 0 Å². The van der Waals surface area contributed by atoms with Crippen LogP contribution in [0.4, 0.5) is 13.2 Å². The van der Waals surface area contributed by atoms with Gasteiger partial charge < -0.3 is 9.47 Å². The third-order valence-electron chi connectivity index (χ3n) is 3.11. The molecule has 0 radical (unpaired) electrons. The summed E-state index contributed by atoms with van der Waals surface area (Å²) in [5, 5.41) is 0.211. The van der Waals surface area contributed by atoms with E-state index in [0.29, 0.717) is 18.8 Å². The van der Waals surface area contributed by atoms with Crippen molar-refractivity contribution in [1.82, 2.24) is 0 Å². The van der Waals surface area contributed by atoms with E-state index in [-0.39, 0.29) is 11.0 Å². The number of benzene rings is 1. The van der Waals surface area contributed by atoms with E-state index in [1.54, 1.807) is 11.8 Å². The average Bonchev–Trinajstić information content (AvgIpc) is 2.52. The van der Waals surface area contributed by atoms with E-state index >= 15 is 0 Å². The summed E-state index contributed by atoms with van der Waals surface area (Å²) in [6.45, 7) is 0.872. The van der Waals surface area contributed by atoms with Crippen molar-refractivity contribution in [1.29, 1.82) is 0 Å². The van der Waals surface area contributed by atoms with Crippen molar-refractivity contribution < 1.29 is 27.4 Å². The normalized spacial score (nSPS) is 22.9. The first-order chi connectivity index (χ1) is 10.4. The molecule has 0 aromatic heterocycles. The maximum Gasteiger partial charge on any atom is 0.416 e. The summed E-state index contributed by atoms with van der Waals surface area (Å²) in [6, 6.07) is 4.56. The molecule has 0 N–H and O–H groups in total. The van der Waals surface area contributed by atoms with Crippen molar-refractivity contribution in [3.63, 3.8) is 0 Å². The molecule has 0 bridgehead atoms. The second-order valence-electron chi connectivity index (χ2n) is 4.71. The van der Waals surface area contributed by atoms with Crippen LogP contribution in [-0.2, 0) is 20.4 Å². The van der Waals surface area contributed by atoms with Crippen LogP contribution in [0.1, 0.15) is 11.1 Å². The fourth-order valence-electron chi connectivity index (χ4n) is 1.83. The van der Waals surface area contributed by atoms with Gasteiger partial charge in [0.05, 0.1) is 24.0 Å². The highest BCUT2D eigenvalue weighted by atomic mass is 32.2. The summed E-state index contributed by atoms with van der Waals surface area (Å²) in [5.41, 5.74) is -0.225. The third-order valence-corrected chi connectivity index (χ3v) is 4.05. The number of halogens is 3. The fraction of sp³-hybridized carbons (Fsp3) is 0.400. The first-order valence-corrected chi connectivity index (χ1v) is 7.84. The Bertz CT molecular complexity index is 532. The first-order valence-electron chi connectivity index (χ1n) is 6.55. The molecule has 1 saturated heterocycles. The number of alkyl halides is 3. The SMILES string of the molecule is CSC1COC(C(=O)/C=C/c2ccc(C(F)(F)F)cc2)OC1. The van der Waals surface area contributed by atoms with E-state index in [4.69, 9.17) is 9.47 Å². The second-order valence-corrected chi connectivity index (χ2v) is 5.85. The molecule has 1 aliphatic rings. The standard InChI is InChI=1S/C15H15F3O3S/c1-22-12-8-20-14(21-9-12)13(19)7-4-10-2-5-11(6-3-10)15(16,17)18/h2-7,12,14H,8-9H2,1H3/b7-4+. The molecule has 1 aromatic carbocycles. The van der Waals surface area contributed by atoms with E-state index in [1.165, 1.54) is 24.3 Å². The van der Waals surface area contributed by atoms with Crippen LogP contribution in [0, 0.1) is 0 Å². The molecule has 120 valence electrons. The Labute approximate surface area is 130 Å². The summed E-state index contributed by atoms with van der Waals surface area (Å²) in [5.74, 6) is -0.362. The Balaban J connectivity index is 1.93. The molecule has 1 aromatic rings. The van der Waals surface area contributed by atoms with Gasteiger partial charge in [-0.1, -0.05) is 18.2 Å². The molecule has 0 spiro atoms. The minimum Gasteiger partial charge on any atom is -0.345 e. The Morgan fingerprint density at radius 1 is 1.23 bits per heavy atom. The van der Waals surface area contributed by atoms with Gasteiger partial charge in [-0.25, -0.2) is 0 Å². The van der Waals surface area contributed by atoms with Gasteiger partial charge in [0.1, 0.15) is 0 Å². The lowest BCUT2D eigenvalue weighted by atomic mass is 10.1. The van der Waals surface area contributed by atoms with E-state index in [0.717, 1.165) is 12.1 Å². The van der Waals surface area contributed by atoms with Crippen molar-refractivity contribution in [3.8, 4) is 0 Å². The van der Waals surface area contributed by atoms with Crippen molar-refractivity contribution >= 4 is 23.6 Å². The summed E-state index contributed by atoms with van der Waals surface area (Å²) in [4.78, 5) is 11.9. The largest absolute Gasteiger partial charge is 0.416 e. The summed E-state index contributed by atoms with van der Waals surface area (Å²) in [6.07, 6.45) is -0.670. The summed E-state index contributed by atoms with van der Waals surface area (Å²) in [7, 11) is 0. The van der Waals surface area contributed by atoms with E-state index in [9.17, 15) is 18.0 Å². The maximum absolute atomic E-state index is 12.4. The molecular weight excluding hydrogens is 317 g/mol. The van der Waals surface area contributed by atoms with Gasteiger partial charge in [0.25, 0.3) is 0 Å². The zero-order valence-electron chi connectivity index (χ0n) is 11.8. The smallest absolute Gasteiger partial charge is 0.345 e. The molecule has 3 nitrogen and oxygen atoms in total. The lowest BCUT2D eigenvalue weighted by Crippen LogP contribution is -2.38. The number of thioether (sulfide) groups is 1. The Kier molecular flexibility index (Phi) is 5.66. The molecule has 0 aliphatic carbocycles. The molecule has 1 aliphatic heterocycles. The predicted octanol–water partition coefficient (Wildman–Crippen LogP) is 3.39. The van der Waals surface area contributed by atoms with E-state index in [2.05, 4.69) is 0 Å². The number of hydrogen-bond acceptors (Lipinski definition) is 4. The van der Waals surface area contributed by atoms with Crippen molar-refractivity contribution in [2.45, 2.75) is 17.7 Å². The Hall–Kier alpha value is -1.31. The predicted molar refractivity (Wildman–Crippen MR) is 78.5 cm³/mol. The molecule has 2 rings (SSSR count). The molecule has 1 fully saturated rings. The molecule has 22 heavy (non-hydrogen) atoms.